The third kappa shape index (κ3) is 5.38. The van der Waals surface area contributed by atoms with E-state index in [1.807, 2.05) is 67.2 Å². The average Bonchev–Trinajstić information content (AvgIpc) is 3.17. The van der Waals surface area contributed by atoms with E-state index in [9.17, 15) is 4.79 Å². The SMILES string of the molecule is COc1ccccc1[C@@H](NC(=O)N[C@@H](C)CCc1ccccc1)c1nccn1C. The second-order valence-corrected chi connectivity index (χ2v) is 7.11. The molecule has 0 aliphatic carbocycles. The van der Waals surface area contributed by atoms with E-state index >= 15 is 0 Å². The standard InChI is InChI=1S/C23H28N4O2/c1-17(13-14-18-9-5-4-6-10-18)25-23(28)26-21(22-24-15-16-27(22)2)19-11-7-8-12-20(19)29-3/h4-12,15-17,21H,13-14H2,1-3H3,(H2,25,26,28)/t17-,21+/m0/s1. The lowest BCUT2D eigenvalue weighted by atomic mass is 10.0. The molecule has 0 unspecified atom stereocenters. The number of ether oxygens (including phenoxy) is 1. The molecule has 1 heterocycles. The van der Waals surface area contributed by atoms with E-state index in [0.717, 1.165) is 24.2 Å². The van der Waals surface area contributed by atoms with Crippen LogP contribution in [0.15, 0.2) is 67.0 Å². The first-order chi connectivity index (χ1) is 14.1. The summed E-state index contributed by atoms with van der Waals surface area (Å²) in [6.07, 6.45) is 5.36. The summed E-state index contributed by atoms with van der Waals surface area (Å²) < 4.78 is 7.40. The number of imidazole rings is 1. The molecule has 0 radical (unpaired) electrons. The zero-order valence-corrected chi connectivity index (χ0v) is 17.1. The Morgan fingerprint density at radius 2 is 1.83 bits per heavy atom. The predicted octanol–water partition coefficient (Wildman–Crippen LogP) is 3.84. The molecule has 0 fully saturated rings. The molecule has 6 heteroatoms. The van der Waals surface area contributed by atoms with Gasteiger partial charge in [-0.15, -0.1) is 0 Å². The number of aryl methyl sites for hydroxylation is 2. The van der Waals surface area contributed by atoms with Gasteiger partial charge in [0.05, 0.1) is 7.11 Å². The summed E-state index contributed by atoms with van der Waals surface area (Å²) in [6.45, 7) is 2.02. The van der Waals surface area contributed by atoms with Crippen molar-refractivity contribution < 1.29 is 9.53 Å². The lowest BCUT2D eigenvalue weighted by molar-refractivity contribution is 0.234. The molecule has 2 N–H and O–H groups in total. The van der Waals surface area contributed by atoms with Crippen LogP contribution >= 0.6 is 0 Å². The number of carbonyl (C=O) groups is 1. The van der Waals surface area contributed by atoms with E-state index in [1.165, 1.54) is 5.56 Å². The van der Waals surface area contributed by atoms with Crippen LogP contribution in [0.4, 0.5) is 4.79 Å². The third-order valence-corrected chi connectivity index (χ3v) is 4.93. The second-order valence-electron chi connectivity index (χ2n) is 7.11. The molecule has 0 spiro atoms. The van der Waals surface area contributed by atoms with Gasteiger partial charge in [-0.05, 0) is 31.4 Å². The van der Waals surface area contributed by atoms with Crippen molar-refractivity contribution in [1.29, 1.82) is 0 Å². The first-order valence-electron chi connectivity index (χ1n) is 9.79. The molecular formula is C23H28N4O2. The van der Waals surface area contributed by atoms with Gasteiger partial charge >= 0.3 is 6.03 Å². The zero-order valence-electron chi connectivity index (χ0n) is 17.1. The number of rotatable bonds is 8. The van der Waals surface area contributed by atoms with Crippen molar-refractivity contribution in [3.63, 3.8) is 0 Å². The van der Waals surface area contributed by atoms with Crippen molar-refractivity contribution in [3.8, 4) is 5.75 Å². The van der Waals surface area contributed by atoms with E-state index in [2.05, 4.69) is 27.8 Å². The maximum absolute atomic E-state index is 12.8. The molecular weight excluding hydrogens is 364 g/mol. The number of nitrogens with one attached hydrogen (secondary N) is 2. The molecule has 2 aromatic carbocycles. The van der Waals surface area contributed by atoms with E-state index < -0.39 is 6.04 Å². The first-order valence-corrected chi connectivity index (χ1v) is 9.79. The lowest BCUT2D eigenvalue weighted by Gasteiger charge is -2.23. The van der Waals surface area contributed by atoms with Crippen LogP contribution in [0.1, 0.15) is 36.3 Å². The summed E-state index contributed by atoms with van der Waals surface area (Å²) in [5.41, 5.74) is 2.12. The minimum atomic E-state index is -0.424. The fourth-order valence-corrected chi connectivity index (χ4v) is 3.34. The Morgan fingerprint density at radius 1 is 1.10 bits per heavy atom. The minimum Gasteiger partial charge on any atom is -0.496 e. The number of nitrogens with zero attached hydrogens (tertiary/aromatic N) is 2. The average molecular weight is 393 g/mol. The van der Waals surface area contributed by atoms with Gasteiger partial charge in [0, 0.05) is 31.0 Å². The number of aromatic nitrogens is 2. The van der Waals surface area contributed by atoms with Crippen LogP contribution in [0.5, 0.6) is 5.75 Å². The quantitative estimate of drug-likeness (QED) is 0.612. The van der Waals surface area contributed by atoms with Crippen LogP contribution in [-0.2, 0) is 13.5 Å². The smallest absolute Gasteiger partial charge is 0.315 e. The molecule has 0 saturated heterocycles. The molecule has 2 amide bonds. The maximum atomic E-state index is 12.8. The molecule has 0 saturated carbocycles. The highest BCUT2D eigenvalue weighted by atomic mass is 16.5. The molecule has 0 aliphatic rings. The number of para-hydroxylation sites is 1. The van der Waals surface area contributed by atoms with Gasteiger partial charge in [0.2, 0.25) is 0 Å². The molecule has 6 nitrogen and oxygen atoms in total. The van der Waals surface area contributed by atoms with E-state index in [-0.39, 0.29) is 12.1 Å². The second kappa shape index (κ2) is 9.78. The Bertz CT molecular complexity index is 923. The highest BCUT2D eigenvalue weighted by molar-refractivity contribution is 5.75. The van der Waals surface area contributed by atoms with E-state index in [0.29, 0.717) is 5.75 Å². The number of benzene rings is 2. The van der Waals surface area contributed by atoms with Crippen LogP contribution in [0, 0.1) is 0 Å². The molecule has 2 atom stereocenters. The van der Waals surface area contributed by atoms with E-state index in [4.69, 9.17) is 4.74 Å². The molecule has 1 aromatic heterocycles. The predicted molar refractivity (Wildman–Crippen MR) is 114 cm³/mol. The highest BCUT2D eigenvalue weighted by Crippen LogP contribution is 2.28. The zero-order chi connectivity index (χ0) is 20.6. The van der Waals surface area contributed by atoms with Gasteiger partial charge in [0.25, 0.3) is 0 Å². The van der Waals surface area contributed by atoms with Crippen molar-refractivity contribution in [1.82, 2.24) is 20.2 Å². The largest absolute Gasteiger partial charge is 0.496 e. The van der Waals surface area contributed by atoms with Crippen LogP contribution in [-0.4, -0.2) is 28.7 Å². The monoisotopic (exact) mass is 392 g/mol. The van der Waals surface area contributed by atoms with Crippen LogP contribution < -0.4 is 15.4 Å². The Labute approximate surface area is 171 Å². The molecule has 3 rings (SSSR count). The van der Waals surface area contributed by atoms with E-state index in [1.54, 1.807) is 13.3 Å². The molecule has 0 bridgehead atoms. The highest BCUT2D eigenvalue weighted by Gasteiger charge is 2.24. The Kier molecular flexibility index (Phi) is 6.89. The molecule has 29 heavy (non-hydrogen) atoms. The fourth-order valence-electron chi connectivity index (χ4n) is 3.34. The molecule has 152 valence electrons. The van der Waals surface area contributed by atoms with Crippen LogP contribution in [0.2, 0.25) is 0 Å². The van der Waals surface area contributed by atoms with Gasteiger partial charge in [-0.25, -0.2) is 9.78 Å². The number of amides is 2. The maximum Gasteiger partial charge on any atom is 0.315 e. The normalized spacial score (nSPS) is 12.8. The van der Waals surface area contributed by atoms with Crippen molar-refractivity contribution >= 4 is 6.03 Å². The molecule has 0 aliphatic heterocycles. The number of hydrogen-bond donors (Lipinski definition) is 2. The number of hydrogen-bond acceptors (Lipinski definition) is 3. The third-order valence-electron chi connectivity index (χ3n) is 4.93. The summed E-state index contributed by atoms with van der Waals surface area (Å²) in [5.74, 6) is 1.44. The number of urea groups is 1. The van der Waals surface area contributed by atoms with Crippen LogP contribution in [0.25, 0.3) is 0 Å². The summed E-state index contributed by atoms with van der Waals surface area (Å²) in [7, 11) is 3.53. The van der Waals surface area contributed by atoms with Gasteiger partial charge in [0.15, 0.2) is 0 Å². The van der Waals surface area contributed by atoms with Gasteiger partial charge in [-0.2, -0.15) is 0 Å². The minimum absolute atomic E-state index is 0.0369. The van der Waals surface area contributed by atoms with Gasteiger partial charge < -0.3 is 19.9 Å². The number of methoxy groups -OCH3 is 1. The topological polar surface area (TPSA) is 68.2 Å². The van der Waals surface area contributed by atoms with Gasteiger partial charge in [-0.1, -0.05) is 48.5 Å². The first kappa shape index (κ1) is 20.5. The van der Waals surface area contributed by atoms with Crippen molar-refractivity contribution in [2.24, 2.45) is 7.05 Å². The summed E-state index contributed by atoms with van der Waals surface area (Å²) in [6, 6.07) is 17.3. The van der Waals surface area contributed by atoms with Gasteiger partial charge in [-0.3, -0.25) is 0 Å². The lowest BCUT2D eigenvalue weighted by Crippen LogP contribution is -2.43. The fraction of sp³-hybridized carbons (Fsp3) is 0.304. The Balaban J connectivity index is 1.69. The van der Waals surface area contributed by atoms with Crippen molar-refractivity contribution in [2.75, 3.05) is 7.11 Å². The summed E-state index contributed by atoms with van der Waals surface area (Å²) in [5, 5.41) is 6.11. The van der Waals surface area contributed by atoms with Crippen LogP contribution in [0.3, 0.4) is 0 Å². The molecule has 3 aromatic rings. The van der Waals surface area contributed by atoms with Crippen molar-refractivity contribution in [2.45, 2.75) is 31.8 Å². The van der Waals surface area contributed by atoms with Gasteiger partial charge in [0.1, 0.15) is 17.6 Å². The summed E-state index contributed by atoms with van der Waals surface area (Å²) >= 11 is 0. The van der Waals surface area contributed by atoms with Crippen molar-refractivity contribution in [3.05, 3.63) is 83.9 Å². The Morgan fingerprint density at radius 3 is 2.52 bits per heavy atom. The number of carbonyl (C=O) groups excluding carboxylic acids is 1. The summed E-state index contributed by atoms with van der Waals surface area (Å²) in [4.78, 5) is 17.2. The Hall–Kier alpha value is -3.28.